The Morgan fingerprint density at radius 1 is 1.21 bits per heavy atom. The van der Waals surface area contributed by atoms with Crippen LogP contribution < -0.4 is 15.2 Å². The van der Waals surface area contributed by atoms with Gasteiger partial charge in [0.15, 0.2) is 0 Å². The second-order valence-corrected chi connectivity index (χ2v) is 8.81. The van der Waals surface area contributed by atoms with E-state index in [1.165, 1.54) is 18.2 Å². The summed E-state index contributed by atoms with van der Waals surface area (Å²) in [5.74, 6) is 0.355. The van der Waals surface area contributed by atoms with E-state index in [2.05, 4.69) is 11.4 Å². The van der Waals surface area contributed by atoms with Crippen molar-refractivity contribution < 1.29 is 17.9 Å². The van der Waals surface area contributed by atoms with Crippen molar-refractivity contribution in [2.45, 2.75) is 42.0 Å². The standard InChI is InChI=1S/C21H23N3O4S/c1-28-18-6-3-5-16(13-18)21(14-22)10-8-17(9-11-21)24-20(25)15-4-2-7-19(12-15)29(23,26)27/h2-7,12-13,17H,8-11H2,1H3,(H,24,25)(H2,23,26,27)/t17-,21+. The molecule has 8 heteroatoms. The van der Waals surface area contributed by atoms with Gasteiger partial charge in [-0.1, -0.05) is 18.2 Å². The van der Waals surface area contributed by atoms with Gasteiger partial charge in [-0.05, 0) is 61.6 Å². The summed E-state index contributed by atoms with van der Waals surface area (Å²) in [7, 11) is -2.28. The van der Waals surface area contributed by atoms with E-state index < -0.39 is 15.4 Å². The fraction of sp³-hybridized carbons (Fsp3) is 0.333. The predicted octanol–water partition coefficient (Wildman–Crippen LogP) is 2.48. The summed E-state index contributed by atoms with van der Waals surface area (Å²) in [5, 5.41) is 17.9. The highest BCUT2D eigenvalue weighted by molar-refractivity contribution is 7.89. The first-order valence-electron chi connectivity index (χ1n) is 9.27. The minimum atomic E-state index is -3.87. The van der Waals surface area contributed by atoms with Crippen molar-refractivity contribution in [2.75, 3.05) is 7.11 Å². The smallest absolute Gasteiger partial charge is 0.251 e. The summed E-state index contributed by atoms with van der Waals surface area (Å²) in [4.78, 5) is 12.4. The van der Waals surface area contributed by atoms with Gasteiger partial charge in [-0.2, -0.15) is 5.26 Å². The zero-order chi connectivity index (χ0) is 21.1. The van der Waals surface area contributed by atoms with Crippen LogP contribution in [0.3, 0.4) is 0 Å². The molecule has 29 heavy (non-hydrogen) atoms. The first kappa shape index (κ1) is 20.8. The monoisotopic (exact) mass is 413 g/mol. The van der Waals surface area contributed by atoms with E-state index in [4.69, 9.17) is 9.88 Å². The molecule has 0 aliphatic heterocycles. The normalized spacial score (nSPS) is 21.8. The van der Waals surface area contributed by atoms with E-state index in [9.17, 15) is 18.5 Å². The Balaban J connectivity index is 1.69. The van der Waals surface area contributed by atoms with E-state index in [-0.39, 0.29) is 22.4 Å². The molecule has 0 bridgehead atoms. The van der Waals surface area contributed by atoms with Gasteiger partial charge in [0.2, 0.25) is 10.0 Å². The molecule has 0 unspecified atom stereocenters. The number of nitrogens with one attached hydrogen (secondary N) is 1. The lowest BCUT2D eigenvalue weighted by Crippen LogP contribution is -2.41. The number of carbonyl (C=O) groups excluding carboxylic acids is 1. The third kappa shape index (κ3) is 4.58. The first-order chi connectivity index (χ1) is 13.8. The van der Waals surface area contributed by atoms with Crippen molar-refractivity contribution in [1.29, 1.82) is 5.26 Å². The lowest BCUT2D eigenvalue weighted by molar-refractivity contribution is 0.0922. The predicted molar refractivity (Wildman–Crippen MR) is 108 cm³/mol. The molecule has 0 aromatic heterocycles. The minimum Gasteiger partial charge on any atom is -0.497 e. The lowest BCUT2D eigenvalue weighted by atomic mass is 9.69. The highest BCUT2D eigenvalue weighted by Crippen LogP contribution is 2.40. The van der Waals surface area contributed by atoms with Crippen LogP contribution in [0.25, 0.3) is 0 Å². The van der Waals surface area contributed by atoms with Gasteiger partial charge >= 0.3 is 0 Å². The van der Waals surface area contributed by atoms with Gasteiger partial charge in [-0.25, -0.2) is 13.6 Å². The minimum absolute atomic E-state index is 0.0901. The summed E-state index contributed by atoms with van der Waals surface area (Å²) in [6, 6.07) is 15.6. The number of benzene rings is 2. The Morgan fingerprint density at radius 3 is 2.52 bits per heavy atom. The molecular weight excluding hydrogens is 390 g/mol. The molecule has 0 heterocycles. The quantitative estimate of drug-likeness (QED) is 0.780. The number of hydrogen-bond acceptors (Lipinski definition) is 5. The molecule has 0 atom stereocenters. The van der Waals surface area contributed by atoms with Crippen LogP contribution >= 0.6 is 0 Å². The zero-order valence-electron chi connectivity index (χ0n) is 16.1. The van der Waals surface area contributed by atoms with Crippen LogP contribution in [0.2, 0.25) is 0 Å². The maximum atomic E-state index is 12.5. The van der Waals surface area contributed by atoms with Gasteiger partial charge in [0, 0.05) is 11.6 Å². The molecule has 3 N–H and O–H groups in total. The van der Waals surface area contributed by atoms with Crippen LogP contribution in [0.5, 0.6) is 5.75 Å². The number of nitrogens with two attached hydrogens (primary N) is 1. The number of rotatable bonds is 5. The number of ether oxygens (including phenoxy) is 1. The Hall–Kier alpha value is -2.89. The van der Waals surface area contributed by atoms with Crippen LogP contribution in [0.4, 0.5) is 0 Å². The maximum absolute atomic E-state index is 12.5. The Bertz CT molecular complexity index is 1050. The summed E-state index contributed by atoms with van der Waals surface area (Å²) >= 11 is 0. The fourth-order valence-corrected chi connectivity index (χ4v) is 4.28. The van der Waals surface area contributed by atoms with E-state index in [0.29, 0.717) is 31.4 Å². The summed E-state index contributed by atoms with van der Waals surface area (Å²) in [5.41, 5.74) is 0.551. The number of nitriles is 1. The van der Waals surface area contributed by atoms with Crippen LogP contribution in [0.1, 0.15) is 41.6 Å². The van der Waals surface area contributed by atoms with Crippen molar-refractivity contribution >= 4 is 15.9 Å². The van der Waals surface area contributed by atoms with Crippen molar-refractivity contribution in [3.8, 4) is 11.8 Å². The van der Waals surface area contributed by atoms with E-state index >= 15 is 0 Å². The largest absolute Gasteiger partial charge is 0.497 e. The molecule has 1 fully saturated rings. The average Bonchev–Trinajstić information content (AvgIpc) is 2.74. The third-order valence-corrected chi connectivity index (χ3v) is 6.35. The van der Waals surface area contributed by atoms with Gasteiger partial charge in [-0.15, -0.1) is 0 Å². The summed E-state index contributed by atoms with van der Waals surface area (Å²) in [6.07, 6.45) is 2.51. The Morgan fingerprint density at radius 2 is 1.90 bits per heavy atom. The molecule has 2 aromatic carbocycles. The molecule has 1 amide bonds. The lowest BCUT2D eigenvalue weighted by Gasteiger charge is -2.35. The molecule has 3 rings (SSSR count). The zero-order valence-corrected chi connectivity index (χ0v) is 16.9. The van der Waals surface area contributed by atoms with Gasteiger partial charge in [0.05, 0.1) is 23.5 Å². The molecular formula is C21H23N3O4S. The van der Waals surface area contributed by atoms with Gasteiger partial charge in [0.1, 0.15) is 5.75 Å². The molecule has 2 aromatic rings. The number of carbonyl (C=O) groups is 1. The summed E-state index contributed by atoms with van der Waals surface area (Å²) in [6.45, 7) is 0. The second kappa shape index (κ2) is 8.23. The molecule has 7 nitrogen and oxygen atoms in total. The van der Waals surface area contributed by atoms with Crippen molar-refractivity contribution in [3.05, 3.63) is 59.7 Å². The highest BCUT2D eigenvalue weighted by atomic mass is 32.2. The molecule has 0 spiro atoms. The number of methoxy groups -OCH3 is 1. The Kier molecular flexibility index (Phi) is 5.91. The molecule has 152 valence electrons. The van der Waals surface area contributed by atoms with Gasteiger partial charge < -0.3 is 10.1 Å². The van der Waals surface area contributed by atoms with Crippen LogP contribution in [-0.4, -0.2) is 27.5 Å². The van der Waals surface area contributed by atoms with Gasteiger partial charge in [-0.3, -0.25) is 4.79 Å². The van der Waals surface area contributed by atoms with Crippen LogP contribution in [0, 0.1) is 11.3 Å². The molecule has 1 saturated carbocycles. The SMILES string of the molecule is COc1cccc([C@]2(C#N)CC[C@H](NC(=O)c3cccc(S(N)(=O)=O)c3)CC2)c1. The Labute approximate surface area is 170 Å². The van der Waals surface area contributed by atoms with Crippen molar-refractivity contribution in [1.82, 2.24) is 5.32 Å². The molecule has 1 aliphatic carbocycles. The molecule has 1 aliphatic rings. The molecule has 0 saturated heterocycles. The van der Waals surface area contributed by atoms with Crippen LogP contribution in [-0.2, 0) is 15.4 Å². The summed E-state index contributed by atoms with van der Waals surface area (Å²) < 4.78 is 28.3. The van der Waals surface area contributed by atoms with E-state index in [1.54, 1.807) is 13.2 Å². The average molecular weight is 413 g/mol. The fourth-order valence-electron chi connectivity index (χ4n) is 3.72. The topological polar surface area (TPSA) is 122 Å². The molecule has 0 radical (unpaired) electrons. The van der Waals surface area contributed by atoms with E-state index in [0.717, 1.165) is 5.56 Å². The number of hydrogen-bond donors (Lipinski definition) is 2. The van der Waals surface area contributed by atoms with Gasteiger partial charge in [0.25, 0.3) is 5.91 Å². The third-order valence-electron chi connectivity index (χ3n) is 5.44. The maximum Gasteiger partial charge on any atom is 0.251 e. The number of amides is 1. The van der Waals surface area contributed by atoms with Crippen molar-refractivity contribution in [3.63, 3.8) is 0 Å². The number of sulfonamides is 1. The highest BCUT2D eigenvalue weighted by Gasteiger charge is 2.37. The van der Waals surface area contributed by atoms with E-state index in [1.807, 2.05) is 24.3 Å². The number of nitrogens with zero attached hydrogens (tertiary/aromatic N) is 1. The first-order valence-corrected chi connectivity index (χ1v) is 10.8. The van der Waals surface area contributed by atoms with Crippen LogP contribution in [0.15, 0.2) is 53.4 Å². The second-order valence-electron chi connectivity index (χ2n) is 7.25. The number of primary sulfonamides is 1. The van der Waals surface area contributed by atoms with Crippen molar-refractivity contribution in [2.24, 2.45) is 5.14 Å².